The lowest BCUT2D eigenvalue weighted by Gasteiger charge is -2.42. The molecule has 0 saturated carbocycles. The van der Waals surface area contributed by atoms with Crippen LogP contribution in [-0.2, 0) is 0 Å². The predicted molar refractivity (Wildman–Crippen MR) is 110 cm³/mol. The molecular formula is C22H36N2S. The molecule has 3 heteroatoms. The topological polar surface area (TPSA) is 6.48 Å². The van der Waals surface area contributed by atoms with Crippen LogP contribution in [0.15, 0.2) is 17.0 Å². The first-order valence-corrected chi connectivity index (χ1v) is 11.0. The molecule has 0 unspecified atom stereocenters. The highest BCUT2D eigenvalue weighted by molar-refractivity contribution is 7.97. The van der Waals surface area contributed by atoms with Gasteiger partial charge in [-0.05, 0) is 94.5 Å². The van der Waals surface area contributed by atoms with Crippen LogP contribution in [0.5, 0.6) is 0 Å². The molecule has 0 aromatic heterocycles. The summed E-state index contributed by atoms with van der Waals surface area (Å²) in [4.78, 5) is 4.27. The lowest BCUT2D eigenvalue weighted by Crippen LogP contribution is -2.46. The molecule has 1 aromatic rings. The molecule has 0 spiro atoms. The summed E-state index contributed by atoms with van der Waals surface area (Å²) in [7, 11) is 0. The minimum absolute atomic E-state index is 0.824. The van der Waals surface area contributed by atoms with Crippen LogP contribution in [0.4, 0.5) is 0 Å². The third-order valence-electron chi connectivity index (χ3n) is 6.28. The number of benzene rings is 1. The SMILES string of the molecule is Cc1cc(C)c(SN2CCC(N3CCC(C(C)C)CC3)CC2)c(C)c1. The van der Waals surface area contributed by atoms with Crippen molar-refractivity contribution in [1.29, 1.82) is 0 Å². The van der Waals surface area contributed by atoms with Crippen LogP contribution in [0.1, 0.15) is 56.2 Å². The van der Waals surface area contributed by atoms with Gasteiger partial charge in [-0.2, -0.15) is 0 Å². The van der Waals surface area contributed by atoms with Crippen molar-refractivity contribution in [2.45, 2.75) is 71.2 Å². The largest absolute Gasteiger partial charge is 0.300 e. The average Bonchev–Trinajstić information content (AvgIpc) is 2.59. The Morgan fingerprint density at radius 3 is 1.96 bits per heavy atom. The van der Waals surface area contributed by atoms with E-state index in [0.29, 0.717) is 0 Å². The van der Waals surface area contributed by atoms with E-state index in [-0.39, 0.29) is 0 Å². The van der Waals surface area contributed by atoms with E-state index < -0.39 is 0 Å². The highest BCUT2D eigenvalue weighted by Crippen LogP contribution is 2.34. The van der Waals surface area contributed by atoms with E-state index in [2.05, 4.69) is 56.0 Å². The molecule has 25 heavy (non-hydrogen) atoms. The Balaban J connectivity index is 1.50. The van der Waals surface area contributed by atoms with Gasteiger partial charge >= 0.3 is 0 Å². The second-order valence-corrected chi connectivity index (χ2v) is 9.70. The summed E-state index contributed by atoms with van der Waals surface area (Å²) in [6.07, 6.45) is 5.50. The fourth-order valence-corrected chi connectivity index (χ4v) is 5.75. The lowest BCUT2D eigenvalue weighted by atomic mass is 9.85. The number of aryl methyl sites for hydroxylation is 3. The Bertz CT molecular complexity index is 544. The predicted octanol–water partition coefficient (Wildman–Crippen LogP) is 5.45. The molecule has 2 saturated heterocycles. The highest BCUT2D eigenvalue weighted by atomic mass is 32.2. The lowest BCUT2D eigenvalue weighted by molar-refractivity contribution is 0.0871. The molecule has 3 rings (SSSR count). The molecule has 1 aromatic carbocycles. The maximum absolute atomic E-state index is 2.79. The van der Waals surface area contributed by atoms with E-state index in [1.165, 1.54) is 73.4 Å². The normalized spacial score (nSPS) is 22.0. The number of hydrogen-bond acceptors (Lipinski definition) is 3. The van der Waals surface area contributed by atoms with Crippen molar-refractivity contribution in [3.05, 3.63) is 28.8 Å². The average molecular weight is 361 g/mol. The summed E-state index contributed by atoms with van der Waals surface area (Å²) in [6.45, 7) is 16.6. The molecule has 2 aliphatic heterocycles. The summed E-state index contributed by atoms with van der Waals surface area (Å²) < 4.78 is 2.60. The molecule has 0 bridgehead atoms. The number of nitrogens with zero attached hydrogens (tertiary/aromatic N) is 2. The molecule has 140 valence electrons. The van der Waals surface area contributed by atoms with Crippen molar-refractivity contribution in [2.75, 3.05) is 26.2 Å². The van der Waals surface area contributed by atoms with Gasteiger partial charge in [0.1, 0.15) is 0 Å². The first-order valence-electron chi connectivity index (χ1n) is 10.2. The molecular weight excluding hydrogens is 324 g/mol. The minimum atomic E-state index is 0.824. The maximum Gasteiger partial charge on any atom is 0.0288 e. The quantitative estimate of drug-likeness (QED) is 0.659. The molecule has 0 amide bonds. The van der Waals surface area contributed by atoms with Crippen molar-refractivity contribution >= 4 is 11.9 Å². The first-order chi connectivity index (χ1) is 11.9. The van der Waals surface area contributed by atoms with Crippen LogP contribution < -0.4 is 0 Å². The van der Waals surface area contributed by atoms with Crippen LogP contribution in [-0.4, -0.2) is 41.4 Å². The fraction of sp³-hybridized carbons (Fsp3) is 0.727. The van der Waals surface area contributed by atoms with Gasteiger partial charge in [0.2, 0.25) is 0 Å². The molecule has 0 radical (unpaired) electrons. The highest BCUT2D eigenvalue weighted by Gasteiger charge is 2.29. The fourth-order valence-electron chi connectivity index (χ4n) is 4.69. The summed E-state index contributed by atoms with van der Waals surface area (Å²) in [6, 6.07) is 5.47. The standard InChI is InChI=1S/C22H36N2S/c1-16(2)20-6-10-23(11-7-20)21-8-12-24(13-9-21)25-22-18(4)14-17(3)15-19(22)5/h14-16,20-21H,6-13H2,1-5H3. The van der Waals surface area contributed by atoms with Crippen LogP contribution in [0.2, 0.25) is 0 Å². The number of piperidine rings is 2. The summed E-state index contributed by atoms with van der Waals surface area (Å²) in [5.74, 6) is 1.82. The summed E-state index contributed by atoms with van der Waals surface area (Å²) in [5, 5.41) is 0. The van der Waals surface area contributed by atoms with E-state index in [1.807, 2.05) is 11.9 Å². The van der Waals surface area contributed by atoms with Crippen molar-refractivity contribution in [3.63, 3.8) is 0 Å². The third kappa shape index (κ3) is 4.81. The number of hydrogen-bond donors (Lipinski definition) is 0. The third-order valence-corrected chi connectivity index (χ3v) is 7.73. The van der Waals surface area contributed by atoms with Crippen molar-refractivity contribution < 1.29 is 0 Å². The van der Waals surface area contributed by atoms with Gasteiger partial charge in [0.05, 0.1) is 0 Å². The monoisotopic (exact) mass is 360 g/mol. The van der Waals surface area contributed by atoms with Gasteiger partial charge in [0, 0.05) is 24.0 Å². The second-order valence-electron chi connectivity index (χ2n) is 8.60. The Kier molecular flexibility index (Phi) is 6.51. The van der Waals surface area contributed by atoms with Crippen LogP contribution >= 0.6 is 11.9 Å². The number of rotatable bonds is 4. The zero-order valence-electron chi connectivity index (χ0n) is 16.8. The molecule has 2 heterocycles. The van der Waals surface area contributed by atoms with E-state index in [1.54, 1.807) is 0 Å². The Hall–Kier alpha value is -0.510. The Labute approximate surface area is 159 Å². The van der Waals surface area contributed by atoms with Gasteiger partial charge < -0.3 is 4.90 Å². The van der Waals surface area contributed by atoms with E-state index in [4.69, 9.17) is 0 Å². The molecule has 0 N–H and O–H groups in total. The summed E-state index contributed by atoms with van der Waals surface area (Å²) >= 11 is 1.99. The van der Waals surface area contributed by atoms with Crippen LogP contribution in [0.25, 0.3) is 0 Å². The molecule has 2 nitrogen and oxygen atoms in total. The van der Waals surface area contributed by atoms with Gasteiger partial charge in [-0.1, -0.05) is 31.5 Å². The molecule has 0 atom stereocenters. The maximum atomic E-state index is 2.79. The number of likely N-dealkylation sites (tertiary alicyclic amines) is 1. The zero-order chi connectivity index (χ0) is 18.0. The van der Waals surface area contributed by atoms with Crippen molar-refractivity contribution in [2.24, 2.45) is 11.8 Å². The molecule has 0 aliphatic carbocycles. The van der Waals surface area contributed by atoms with E-state index >= 15 is 0 Å². The second kappa shape index (κ2) is 8.45. The zero-order valence-corrected chi connectivity index (χ0v) is 17.7. The molecule has 2 aliphatic rings. The molecule has 2 fully saturated rings. The van der Waals surface area contributed by atoms with Gasteiger partial charge in [0.15, 0.2) is 0 Å². The summed E-state index contributed by atoms with van der Waals surface area (Å²) in [5.41, 5.74) is 4.24. The first kappa shape index (κ1) is 19.3. The Morgan fingerprint density at radius 1 is 0.880 bits per heavy atom. The van der Waals surface area contributed by atoms with Gasteiger partial charge in [-0.25, -0.2) is 4.31 Å². The van der Waals surface area contributed by atoms with E-state index in [0.717, 1.165) is 17.9 Å². The minimum Gasteiger partial charge on any atom is -0.300 e. The van der Waals surface area contributed by atoms with Gasteiger partial charge in [-0.3, -0.25) is 0 Å². The van der Waals surface area contributed by atoms with Crippen molar-refractivity contribution in [1.82, 2.24) is 9.21 Å². The van der Waals surface area contributed by atoms with Crippen molar-refractivity contribution in [3.8, 4) is 0 Å². The van der Waals surface area contributed by atoms with Crippen LogP contribution in [0.3, 0.4) is 0 Å². The van der Waals surface area contributed by atoms with Gasteiger partial charge in [0.25, 0.3) is 0 Å². The van der Waals surface area contributed by atoms with Gasteiger partial charge in [-0.15, -0.1) is 0 Å². The van der Waals surface area contributed by atoms with Crippen LogP contribution in [0, 0.1) is 32.6 Å². The Morgan fingerprint density at radius 2 is 1.44 bits per heavy atom. The van der Waals surface area contributed by atoms with E-state index in [9.17, 15) is 0 Å². The smallest absolute Gasteiger partial charge is 0.0288 e.